The van der Waals surface area contributed by atoms with Gasteiger partial charge in [-0.05, 0) is 68.3 Å². The van der Waals surface area contributed by atoms with Gasteiger partial charge in [-0.1, -0.05) is 23.8 Å². The molecule has 0 spiro atoms. The minimum atomic E-state index is -0.480. The van der Waals surface area contributed by atoms with E-state index in [0.29, 0.717) is 28.0 Å². The molecule has 30 heavy (non-hydrogen) atoms. The third kappa shape index (κ3) is 4.10. The number of aryl methyl sites for hydroxylation is 3. The Kier molecular flexibility index (Phi) is 5.11. The van der Waals surface area contributed by atoms with Gasteiger partial charge in [0, 0.05) is 6.07 Å². The van der Waals surface area contributed by atoms with Gasteiger partial charge in [0.2, 0.25) is 11.2 Å². The summed E-state index contributed by atoms with van der Waals surface area (Å²) in [5, 5.41) is 0.340. The molecule has 1 heterocycles. The molecule has 0 aliphatic heterocycles. The Balaban J connectivity index is 1.60. The number of benzene rings is 3. The van der Waals surface area contributed by atoms with Crippen LogP contribution in [0.15, 0.2) is 76.1 Å². The molecule has 0 aliphatic rings. The van der Waals surface area contributed by atoms with E-state index in [9.17, 15) is 9.59 Å². The van der Waals surface area contributed by atoms with E-state index in [1.54, 1.807) is 24.3 Å². The quantitative estimate of drug-likeness (QED) is 0.323. The van der Waals surface area contributed by atoms with Gasteiger partial charge in [-0.2, -0.15) is 0 Å². The van der Waals surface area contributed by atoms with E-state index in [-0.39, 0.29) is 11.2 Å². The second-order valence-corrected chi connectivity index (χ2v) is 7.27. The molecule has 0 radical (unpaired) electrons. The molecule has 0 amide bonds. The van der Waals surface area contributed by atoms with Crippen molar-refractivity contribution in [3.8, 4) is 17.2 Å². The summed E-state index contributed by atoms with van der Waals surface area (Å²) in [6.45, 7) is 5.86. The van der Waals surface area contributed by atoms with Crippen LogP contribution in [-0.2, 0) is 0 Å². The van der Waals surface area contributed by atoms with Crippen LogP contribution in [0.1, 0.15) is 27.0 Å². The Morgan fingerprint density at radius 2 is 1.50 bits per heavy atom. The second-order valence-electron chi connectivity index (χ2n) is 7.27. The predicted molar refractivity (Wildman–Crippen MR) is 115 cm³/mol. The van der Waals surface area contributed by atoms with Gasteiger partial charge >= 0.3 is 5.97 Å². The number of carbonyl (C=O) groups excluding carboxylic acids is 1. The minimum absolute atomic E-state index is 0.0944. The van der Waals surface area contributed by atoms with Crippen LogP contribution in [0.2, 0.25) is 0 Å². The topological polar surface area (TPSA) is 65.7 Å². The number of ether oxygens (including phenoxy) is 2. The molecule has 4 aromatic rings. The molecule has 0 saturated heterocycles. The predicted octanol–water partition coefficient (Wildman–Crippen LogP) is 5.73. The van der Waals surface area contributed by atoms with E-state index in [1.165, 1.54) is 12.3 Å². The highest BCUT2D eigenvalue weighted by atomic mass is 16.5. The van der Waals surface area contributed by atoms with Crippen LogP contribution in [0.3, 0.4) is 0 Å². The second kappa shape index (κ2) is 7.87. The van der Waals surface area contributed by atoms with Gasteiger partial charge in [0.05, 0.1) is 10.9 Å². The zero-order chi connectivity index (χ0) is 21.3. The summed E-state index contributed by atoms with van der Waals surface area (Å²) in [6, 6.07) is 17.5. The van der Waals surface area contributed by atoms with Gasteiger partial charge < -0.3 is 13.9 Å². The number of fused-ring (bicyclic) bond motifs is 1. The van der Waals surface area contributed by atoms with Crippen LogP contribution in [0.4, 0.5) is 0 Å². The van der Waals surface area contributed by atoms with Crippen molar-refractivity contribution < 1.29 is 18.7 Å². The van der Waals surface area contributed by atoms with E-state index >= 15 is 0 Å². The van der Waals surface area contributed by atoms with Crippen molar-refractivity contribution in [2.75, 3.05) is 0 Å². The highest BCUT2D eigenvalue weighted by Crippen LogP contribution is 2.25. The molecule has 0 N–H and O–H groups in total. The fraction of sp³-hybridized carbons (Fsp3) is 0.120. The standard InChI is InChI=1S/C25H20O5/c1-15-4-6-18(7-5-15)25(27)30-19-8-9-21-22(13-19)28-14-23(24(21)26)29-20-11-16(2)10-17(3)12-20/h4-14H,1-3H3. The molecular weight excluding hydrogens is 380 g/mol. The molecule has 0 atom stereocenters. The molecule has 5 nitrogen and oxygen atoms in total. The van der Waals surface area contributed by atoms with E-state index < -0.39 is 5.97 Å². The maximum absolute atomic E-state index is 12.8. The monoisotopic (exact) mass is 400 g/mol. The van der Waals surface area contributed by atoms with Crippen LogP contribution in [0.25, 0.3) is 11.0 Å². The van der Waals surface area contributed by atoms with Crippen LogP contribution < -0.4 is 14.9 Å². The normalized spacial score (nSPS) is 10.8. The zero-order valence-electron chi connectivity index (χ0n) is 16.9. The Hall–Kier alpha value is -3.86. The highest BCUT2D eigenvalue weighted by molar-refractivity contribution is 5.91. The molecule has 0 saturated carbocycles. The fourth-order valence-electron chi connectivity index (χ4n) is 3.20. The van der Waals surface area contributed by atoms with Gasteiger partial charge in [-0.25, -0.2) is 4.79 Å². The molecule has 0 bridgehead atoms. The Labute approximate surface area is 173 Å². The van der Waals surface area contributed by atoms with Crippen LogP contribution in [0.5, 0.6) is 17.2 Å². The number of hydrogen-bond acceptors (Lipinski definition) is 5. The van der Waals surface area contributed by atoms with Crippen molar-refractivity contribution in [2.45, 2.75) is 20.8 Å². The van der Waals surface area contributed by atoms with Crippen molar-refractivity contribution in [3.05, 3.63) is 99.4 Å². The Morgan fingerprint density at radius 1 is 0.800 bits per heavy atom. The molecule has 5 heteroatoms. The van der Waals surface area contributed by atoms with Gasteiger partial charge in [0.25, 0.3) is 0 Å². The van der Waals surface area contributed by atoms with Crippen molar-refractivity contribution in [1.29, 1.82) is 0 Å². The molecular formula is C25H20O5. The number of rotatable bonds is 4. The lowest BCUT2D eigenvalue weighted by Gasteiger charge is -2.08. The van der Waals surface area contributed by atoms with Gasteiger partial charge in [-0.15, -0.1) is 0 Å². The minimum Gasteiger partial charge on any atom is -0.460 e. The van der Waals surface area contributed by atoms with E-state index in [1.807, 2.05) is 51.1 Å². The lowest BCUT2D eigenvalue weighted by Crippen LogP contribution is -2.09. The first-order valence-electron chi connectivity index (χ1n) is 9.49. The molecule has 150 valence electrons. The van der Waals surface area contributed by atoms with Gasteiger partial charge in [-0.3, -0.25) is 4.79 Å². The van der Waals surface area contributed by atoms with Crippen molar-refractivity contribution in [2.24, 2.45) is 0 Å². The van der Waals surface area contributed by atoms with Crippen molar-refractivity contribution >= 4 is 16.9 Å². The largest absolute Gasteiger partial charge is 0.460 e. The molecule has 1 aromatic heterocycles. The average molecular weight is 400 g/mol. The first kappa shape index (κ1) is 19.5. The third-order valence-corrected chi connectivity index (χ3v) is 4.64. The summed E-state index contributed by atoms with van der Waals surface area (Å²) < 4.78 is 16.7. The Morgan fingerprint density at radius 3 is 2.20 bits per heavy atom. The summed E-state index contributed by atoms with van der Waals surface area (Å²) >= 11 is 0. The summed E-state index contributed by atoms with van der Waals surface area (Å²) in [6.07, 6.45) is 1.27. The smallest absolute Gasteiger partial charge is 0.343 e. The number of carbonyl (C=O) groups is 1. The highest BCUT2D eigenvalue weighted by Gasteiger charge is 2.13. The zero-order valence-corrected chi connectivity index (χ0v) is 16.9. The maximum Gasteiger partial charge on any atom is 0.343 e. The first-order valence-corrected chi connectivity index (χ1v) is 9.49. The summed E-state index contributed by atoms with van der Waals surface area (Å²) in [5.74, 6) is 0.477. The Bertz CT molecular complexity index is 1280. The SMILES string of the molecule is Cc1ccc(C(=O)Oc2ccc3c(=O)c(Oc4cc(C)cc(C)c4)coc3c2)cc1. The van der Waals surface area contributed by atoms with E-state index in [0.717, 1.165) is 16.7 Å². The van der Waals surface area contributed by atoms with Crippen molar-refractivity contribution in [3.63, 3.8) is 0 Å². The first-order chi connectivity index (χ1) is 14.4. The summed E-state index contributed by atoms with van der Waals surface area (Å²) in [7, 11) is 0. The maximum atomic E-state index is 12.8. The van der Waals surface area contributed by atoms with Crippen molar-refractivity contribution in [1.82, 2.24) is 0 Å². The lowest BCUT2D eigenvalue weighted by molar-refractivity contribution is 0.0735. The third-order valence-electron chi connectivity index (χ3n) is 4.64. The fourth-order valence-corrected chi connectivity index (χ4v) is 3.20. The van der Waals surface area contributed by atoms with E-state index in [4.69, 9.17) is 13.9 Å². The number of hydrogen-bond donors (Lipinski definition) is 0. The van der Waals surface area contributed by atoms with Crippen LogP contribution >= 0.6 is 0 Å². The molecule has 3 aromatic carbocycles. The lowest BCUT2D eigenvalue weighted by atomic mass is 10.1. The average Bonchev–Trinajstić information content (AvgIpc) is 2.70. The van der Waals surface area contributed by atoms with Crippen LogP contribution in [-0.4, -0.2) is 5.97 Å². The molecule has 4 rings (SSSR count). The summed E-state index contributed by atoms with van der Waals surface area (Å²) in [5.41, 5.74) is 3.58. The molecule has 0 fully saturated rings. The van der Waals surface area contributed by atoms with Gasteiger partial charge in [0.1, 0.15) is 23.3 Å². The van der Waals surface area contributed by atoms with Crippen LogP contribution in [0, 0.1) is 20.8 Å². The van der Waals surface area contributed by atoms with Gasteiger partial charge in [0.15, 0.2) is 0 Å². The number of esters is 1. The molecule has 0 aliphatic carbocycles. The molecule has 0 unspecified atom stereocenters. The summed E-state index contributed by atoms with van der Waals surface area (Å²) in [4.78, 5) is 25.1. The van der Waals surface area contributed by atoms with E-state index in [2.05, 4.69) is 0 Å².